The molecule has 17 heavy (non-hydrogen) atoms. The first kappa shape index (κ1) is 13.7. The zero-order chi connectivity index (χ0) is 13.1. The minimum atomic E-state index is -3.60. The van der Waals surface area contributed by atoms with Crippen molar-refractivity contribution in [2.45, 2.75) is 37.1 Å². The summed E-state index contributed by atoms with van der Waals surface area (Å²) in [7, 11) is -3.60. The highest BCUT2D eigenvalue weighted by Crippen LogP contribution is 2.16. The van der Waals surface area contributed by atoms with Gasteiger partial charge in [-0.1, -0.05) is 0 Å². The van der Waals surface area contributed by atoms with Crippen molar-refractivity contribution in [1.82, 2.24) is 9.71 Å². The van der Waals surface area contributed by atoms with Gasteiger partial charge in [-0.15, -0.1) is 0 Å². The molecule has 0 aliphatic heterocycles. The topological polar surface area (TPSA) is 99.3 Å². The maximum atomic E-state index is 11.9. The number of aromatic amines is 1. The molecule has 1 aromatic heterocycles. The third kappa shape index (κ3) is 4.20. The lowest BCUT2D eigenvalue weighted by Crippen LogP contribution is -2.43. The standard InChI is InChI=1S/C10H16N2O4S/c1-10(2,5-3-9(13)14)12-17(15,16)8-4-6-11-7-8/h4,6-7,11-12H,3,5H2,1-2H3,(H,13,14). The molecule has 0 saturated heterocycles. The van der Waals surface area contributed by atoms with Gasteiger partial charge in [0.2, 0.25) is 10.0 Å². The summed E-state index contributed by atoms with van der Waals surface area (Å²) in [6.07, 6.45) is 3.03. The van der Waals surface area contributed by atoms with E-state index < -0.39 is 21.5 Å². The second kappa shape index (κ2) is 4.89. The summed E-state index contributed by atoms with van der Waals surface area (Å²) < 4.78 is 26.2. The van der Waals surface area contributed by atoms with Crippen LogP contribution in [0.4, 0.5) is 0 Å². The van der Waals surface area contributed by atoms with E-state index >= 15 is 0 Å². The number of nitrogens with one attached hydrogen (secondary N) is 2. The van der Waals surface area contributed by atoms with Crippen LogP contribution >= 0.6 is 0 Å². The predicted molar refractivity (Wildman–Crippen MR) is 62.1 cm³/mol. The fourth-order valence-corrected chi connectivity index (χ4v) is 2.79. The molecule has 0 radical (unpaired) electrons. The average Bonchev–Trinajstić information content (AvgIpc) is 2.66. The van der Waals surface area contributed by atoms with Crippen molar-refractivity contribution < 1.29 is 18.3 Å². The highest BCUT2D eigenvalue weighted by molar-refractivity contribution is 7.89. The summed E-state index contributed by atoms with van der Waals surface area (Å²) in [5.41, 5.74) is -0.797. The molecule has 0 aromatic carbocycles. The number of sulfonamides is 1. The summed E-state index contributed by atoms with van der Waals surface area (Å²) in [6.45, 7) is 3.31. The van der Waals surface area contributed by atoms with Gasteiger partial charge >= 0.3 is 5.97 Å². The fraction of sp³-hybridized carbons (Fsp3) is 0.500. The molecule has 0 aliphatic carbocycles. The van der Waals surface area contributed by atoms with Gasteiger partial charge in [-0.25, -0.2) is 13.1 Å². The molecule has 6 nitrogen and oxygen atoms in total. The first-order chi connectivity index (χ1) is 7.73. The smallest absolute Gasteiger partial charge is 0.303 e. The third-order valence-corrected chi connectivity index (χ3v) is 3.95. The Morgan fingerprint density at radius 3 is 2.65 bits per heavy atom. The van der Waals surface area contributed by atoms with E-state index in [0.717, 1.165) is 0 Å². The number of carboxylic acids is 1. The maximum absolute atomic E-state index is 11.9. The van der Waals surface area contributed by atoms with Gasteiger partial charge in [-0.3, -0.25) is 4.79 Å². The Morgan fingerprint density at radius 2 is 2.18 bits per heavy atom. The fourth-order valence-electron chi connectivity index (χ4n) is 1.37. The largest absolute Gasteiger partial charge is 0.481 e. The van der Waals surface area contributed by atoms with E-state index in [-0.39, 0.29) is 17.7 Å². The molecule has 0 aliphatic rings. The van der Waals surface area contributed by atoms with E-state index in [1.807, 2.05) is 0 Å². The van der Waals surface area contributed by atoms with Crippen molar-refractivity contribution in [2.24, 2.45) is 0 Å². The van der Waals surface area contributed by atoms with Crippen LogP contribution in [0.2, 0.25) is 0 Å². The molecule has 7 heteroatoms. The molecule has 3 N–H and O–H groups in total. The highest BCUT2D eigenvalue weighted by Gasteiger charge is 2.26. The van der Waals surface area contributed by atoms with E-state index in [4.69, 9.17) is 5.11 Å². The Kier molecular flexibility index (Phi) is 3.94. The van der Waals surface area contributed by atoms with Gasteiger partial charge in [0.25, 0.3) is 0 Å². The second-order valence-electron chi connectivity index (χ2n) is 4.43. The van der Waals surface area contributed by atoms with Crippen molar-refractivity contribution in [3.05, 3.63) is 18.5 Å². The van der Waals surface area contributed by atoms with Crippen LogP contribution in [0.15, 0.2) is 23.4 Å². The Hall–Kier alpha value is -1.34. The molecular weight excluding hydrogens is 244 g/mol. The van der Waals surface area contributed by atoms with Gasteiger partial charge in [0.15, 0.2) is 0 Å². The van der Waals surface area contributed by atoms with Crippen LogP contribution in [-0.4, -0.2) is 30.0 Å². The van der Waals surface area contributed by atoms with Crippen LogP contribution in [0.5, 0.6) is 0 Å². The Labute approximate surface area is 100 Å². The van der Waals surface area contributed by atoms with Gasteiger partial charge < -0.3 is 10.1 Å². The molecular formula is C10H16N2O4S. The van der Waals surface area contributed by atoms with Gasteiger partial charge in [-0.2, -0.15) is 0 Å². The average molecular weight is 260 g/mol. The highest BCUT2D eigenvalue weighted by atomic mass is 32.2. The lowest BCUT2D eigenvalue weighted by molar-refractivity contribution is -0.137. The monoisotopic (exact) mass is 260 g/mol. The zero-order valence-electron chi connectivity index (χ0n) is 9.73. The second-order valence-corrected chi connectivity index (χ2v) is 6.11. The number of carbonyl (C=O) groups is 1. The van der Waals surface area contributed by atoms with E-state index in [1.54, 1.807) is 13.8 Å². The van der Waals surface area contributed by atoms with E-state index in [9.17, 15) is 13.2 Å². The van der Waals surface area contributed by atoms with Crippen molar-refractivity contribution in [3.8, 4) is 0 Å². The maximum Gasteiger partial charge on any atom is 0.303 e. The van der Waals surface area contributed by atoms with Crippen molar-refractivity contribution in [2.75, 3.05) is 0 Å². The van der Waals surface area contributed by atoms with E-state index in [1.165, 1.54) is 18.5 Å². The summed E-state index contributed by atoms with van der Waals surface area (Å²) in [6, 6.07) is 1.44. The number of H-pyrrole nitrogens is 1. The number of hydrogen-bond donors (Lipinski definition) is 3. The van der Waals surface area contributed by atoms with E-state index in [2.05, 4.69) is 9.71 Å². The lowest BCUT2D eigenvalue weighted by atomic mass is 10.0. The SMILES string of the molecule is CC(C)(CCC(=O)O)NS(=O)(=O)c1cc[nH]c1. The third-order valence-electron chi connectivity index (χ3n) is 2.25. The van der Waals surface area contributed by atoms with Crippen LogP contribution in [0.25, 0.3) is 0 Å². The quantitative estimate of drug-likeness (QED) is 0.708. The molecule has 1 heterocycles. The molecule has 1 aromatic rings. The molecule has 0 fully saturated rings. The minimum absolute atomic E-state index is 0.0807. The van der Waals surface area contributed by atoms with Crippen LogP contribution in [0, 0.1) is 0 Å². The number of hydrogen-bond acceptors (Lipinski definition) is 3. The number of rotatable bonds is 6. The number of aromatic nitrogens is 1. The molecule has 1 rings (SSSR count). The van der Waals surface area contributed by atoms with Gasteiger partial charge in [0.1, 0.15) is 0 Å². The Morgan fingerprint density at radius 1 is 1.53 bits per heavy atom. The normalized spacial score (nSPS) is 12.6. The van der Waals surface area contributed by atoms with Crippen LogP contribution < -0.4 is 4.72 Å². The summed E-state index contributed by atoms with van der Waals surface area (Å²) in [5.74, 6) is -0.945. The molecule has 0 saturated carbocycles. The van der Waals surface area contributed by atoms with Gasteiger partial charge in [0.05, 0.1) is 4.90 Å². The minimum Gasteiger partial charge on any atom is -0.481 e. The molecule has 0 amide bonds. The van der Waals surface area contributed by atoms with Gasteiger partial charge in [0, 0.05) is 24.4 Å². The van der Waals surface area contributed by atoms with Crippen molar-refractivity contribution in [3.63, 3.8) is 0 Å². The summed E-state index contributed by atoms with van der Waals surface area (Å²) in [5, 5.41) is 8.58. The molecule has 0 spiro atoms. The molecule has 0 atom stereocenters. The zero-order valence-corrected chi connectivity index (χ0v) is 10.5. The molecule has 0 unspecified atom stereocenters. The Bertz CT molecular complexity index is 476. The number of aliphatic carboxylic acids is 1. The van der Waals surface area contributed by atoms with E-state index in [0.29, 0.717) is 0 Å². The predicted octanol–water partition coefficient (Wildman–Crippen LogP) is 0.936. The molecule has 0 bridgehead atoms. The van der Waals surface area contributed by atoms with Gasteiger partial charge in [-0.05, 0) is 26.3 Å². The van der Waals surface area contributed by atoms with Crippen LogP contribution in [-0.2, 0) is 14.8 Å². The Balaban J connectivity index is 2.73. The molecule has 96 valence electrons. The lowest BCUT2D eigenvalue weighted by Gasteiger charge is -2.24. The van der Waals surface area contributed by atoms with Crippen molar-refractivity contribution >= 4 is 16.0 Å². The van der Waals surface area contributed by atoms with Crippen LogP contribution in [0.3, 0.4) is 0 Å². The first-order valence-corrected chi connectivity index (χ1v) is 6.60. The van der Waals surface area contributed by atoms with Crippen LogP contribution in [0.1, 0.15) is 26.7 Å². The first-order valence-electron chi connectivity index (χ1n) is 5.11. The summed E-state index contributed by atoms with van der Waals surface area (Å²) >= 11 is 0. The van der Waals surface area contributed by atoms with Crippen molar-refractivity contribution in [1.29, 1.82) is 0 Å². The number of carboxylic acid groups (broad SMARTS) is 1. The summed E-state index contributed by atoms with van der Waals surface area (Å²) in [4.78, 5) is 13.3.